The van der Waals surface area contributed by atoms with Crippen LogP contribution in [0.15, 0.2) is 48.5 Å². The first-order valence-electron chi connectivity index (χ1n) is 11.7. The van der Waals surface area contributed by atoms with Crippen molar-refractivity contribution in [2.45, 2.75) is 18.9 Å². The second kappa shape index (κ2) is 8.50. The molecule has 166 valence electrons. The molecule has 7 rings (SSSR count). The Morgan fingerprint density at radius 1 is 1.00 bits per heavy atom. The van der Waals surface area contributed by atoms with Gasteiger partial charge in [0.25, 0.3) is 5.91 Å². The summed E-state index contributed by atoms with van der Waals surface area (Å²) in [5, 5.41) is 4.49. The molecule has 4 saturated heterocycles. The number of carbonyl (C=O) groups is 1. The van der Waals surface area contributed by atoms with Crippen LogP contribution in [0.4, 0.5) is 5.69 Å². The average Bonchev–Trinajstić information content (AvgIpc) is 3.30. The normalized spacial score (nSPS) is 25.2. The minimum atomic E-state index is 0.0815. The molecular formula is C26H29N3O2S. The van der Waals surface area contributed by atoms with Gasteiger partial charge in [-0.05, 0) is 66.6 Å². The molecule has 4 aliphatic heterocycles. The summed E-state index contributed by atoms with van der Waals surface area (Å²) >= 11 is 1.62. The lowest BCUT2D eigenvalue weighted by atomic mass is 9.84. The van der Waals surface area contributed by atoms with Crippen molar-refractivity contribution in [3.63, 3.8) is 0 Å². The number of morpholine rings is 1. The zero-order valence-corrected chi connectivity index (χ0v) is 19.1. The number of amides is 1. The lowest BCUT2D eigenvalue weighted by Crippen LogP contribution is -2.57. The Labute approximate surface area is 193 Å². The Hall–Kier alpha value is -2.41. The summed E-state index contributed by atoms with van der Waals surface area (Å²) in [5.41, 5.74) is 3.63. The number of nitrogens with zero attached hydrogens (tertiary/aromatic N) is 2. The van der Waals surface area contributed by atoms with E-state index in [-0.39, 0.29) is 5.91 Å². The number of ether oxygens (including phenoxy) is 1. The highest BCUT2D eigenvalue weighted by Crippen LogP contribution is 2.37. The molecule has 0 radical (unpaired) electrons. The number of piperidine rings is 3. The monoisotopic (exact) mass is 447 g/mol. The minimum Gasteiger partial charge on any atom is -0.378 e. The number of hydrogen-bond donors (Lipinski definition) is 1. The van der Waals surface area contributed by atoms with E-state index in [1.807, 2.05) is 0 Å². The third-order valence-electron chi connectivity index (χ3n) is 7.27. The van der Waals surface area contributed by atoms with Crippen LogP contribution in [-0.2, 0) is 4.74 Å². The molecule has 6 heteroatoms. The van der Waals surface area contributed by atoms with Crippen LogP contribution in [0, 0.1) is 5.92 Å². The Bertz CT molecular complexity index is 1130. The number of thiophene rings is 1. The molecule has 1 N–H and O–H groups in total. The maximum Gasteiger partial charge on any atom is 0.261 e. The summed E-state index contributed by atoms with van der Waals surface area (Å²) in [6.07, 6.45) is 2.42. The van der Waals surface area contributed by atoms with Crippen LogP contribution >= 0.6 is 11.3 Å². The first-order chi connectivity index (χ1) is 15.7. The molecule has 0 unspecified atom stereocenters. The van der Waals surface area contributed by atoms with Crippen LogP contribution in [0.3, 0.4) is 0 Å². The molecule has 0 saturated carbocycles. The van der Waals surface area contributed by atoms with Gasteiger partial charge in [-0.25, -0.2) is 0 Å². The number of hydrogen-bond acceptors (Lipinski definition) is 5. The first-order valence-corrected chi connectivity index (χ1v) is 12.6. The van der Waals surface area contributed by atoms with Gasteiger partial charge in [0, 0.05) is 36.1 Å². The van der Waals surface area contributed by atoms with E-state index in [0.717, 1.165) is 43.1 Å². The van der Waals surface area contributed by atoms with Crippen molar-refractivity contribution < 1.29 is 9.53 Å². The van der Waals surface area contributed by atoms with Crippen molar-refractivity contribution in [3.8, 4) is 11.1 Å². The number of nitrogens with one attached hydrogen (secondary N) is 1. The topological polar surface area (TPSA) is 44.8 Å². The molecule has 4 aliphatic rings. The average molecular weight is 448 g/mol. The fourth-order valence-corrected chi connectivity index (χ4v) is 6.56. The maximum absolute atomic E-state index is 13.1. The van der Waals surface area contributed by atoms with Crippen molar-refractivity contribution in [1.29, 1.82) is 0 Å². The van der Waals surface area contributed by atoms with E-state index in [9.17, 15) is 4.79 Å². The van der Waals surface area contributed by atoms with Crippen molar-refractivity contribution in [2.24, 2.45) is 5.92 Å². The zero-order valence-electron chi connectivity index (χ0n) is 18.3. The standard InChI is InChI=1S/C26H29N3O2S/c30-26(27-23-17-28-9-7-18(23)8-10-28)24-16-20-4-2-6-22(25(20)32-24)19-3-1-5-21(15-19)29-11-13-31-14-12-29/h1-6,15-16,18,23H,7-14,17H2,(H,27,30)/t23-/m1/s1. The van der Waals surface area contributed by atoms with E-state index >= 15 is 0 Å². The van der Waals surface area contributed by atoms with Crippen LogP contribution in [-0.4, -0.2) is 62.8 Å². The van der Waals surface area contributed by atoms with E-state index in [1.54, 1.807) is 11.3 Å². The highest BCUT2D eigenvalue weighted by molar-refractivity contribution is 7.21. The fraction of sp³-hybridized carbons (Fsp3) is 0.423. The van der Waals surface area contributed by atoms with Crippen molar-refractivity contribution in [3.05, 3.63) is 53.4 Å². The van der Waals surface area contributed by atoms with Gasteiger partial charge in [-0.2, -0.15) is 0 Å². The summed E-state index contributed by atoms with van der Waals surface area (Å²) in [6, 6.07) is 17.5. The summed E-state index contributed by atoms with van der Waals surface area (Å²) in [6.45, 7) is 6.79. The second-order valence-corrected chi connectivity index (χ2v) is 10.3. The van der Waals surface area contributed by atoms with Crippen LogP contribution in [0.1, 0.15) is 22.5 Å². The van der Waals surface area contributed by atoms with Crippen molar-refractivity contribution >= 4 is 33.0 Å². The summed E-state index contributed by atoms with van der Waals surface area (Å²) in [5.74, 6) is 0.717. The summed E-state index contributed by atoms with van der Waals surface area (Å²) < 4.78 is 6.69. The molecule has 0 spiro atoms. The molecule has 32 heavy (non-hydrogen) atoms. The second-order valence-electron chi connectivity index (χ2n) is 9.20. The van der Waals surface area contributed by atoms with Gasteiger partial charge in [0.1, 0.15) is 0 Å². The predicted octanol–water partition coefficient (Wildman–Crippen LogP) is 4.23. The molecular weight excluding hydrogens is 418 g/mol. The Morgan fingerprint density at radius 2 is 1.81 bits per heavy atom. The van der Waals surface area contributed by atoms with Crippen molar-refractivity contribution in [1.82, 2.24) is 10.2 Å². The van der Waals surface area contributed by atoms with E-state index in [2.05, 4.69) is 63.6 Å². The fourth-order valence-electron chi connectivity index (χ4n) is 5.46. The number of benzene rings is 2. The van der Waals surface area contributed by atoms with Gasteiger partial charge in [0.15, 0.2) is 0 Å². The van der Waals surface area contributed by atoms with E-state index < -0.39 is 0 Å². The maximum atomic E-state index is 13.1. The van der Waals surface area contributed by atoms with Crippen LogP contribution in [0.5, 0.6) is 0 Å². The molecule has 2 aromatic carbocycles. The van der Waals surface area contributed by atoms with E-state index in [0.29, 0.717) is 12.0 Å². The molecule has 3 aromatic rings. The van der Waals surface area contributed by atoms with E-state index in [4.69, 9.17) is 4.74 Å². The molecule has 2 bridgehead atoms. The molecule has 1 amide bonds. The van der Waals surface area contributed by atoms with Gasteiger partial charge < -0.3 is 19.9 Å². The summed E-state index contributed by atoms with van der Waals surface area (Å²) in [4.78, 5) is 18.8. The first kappa shape index (κ1) is 20.2. The van der Waals surface area contributed by atoms with Gasteiger partial charge in [0.2, 0.25) is 0 Å². The molecule has 1 atom stereocenters. The predicted molar refractivity (Wildman–Crippen MR) is 131 cm³/mol. The zero-order chi connectivity index (χ0) is 21.5. The minimum absolute atomic E-state index is 0.0815. The lowest BCUT2D eigenvalue weighted by molar-refractivity contribution is 0.0622. The van der Waals surface area contributed by atoms with Gasteiger partial charge in [-0.1, -0.05) is 30.3 Å². The van der Waals surface area contributed by atoms with Gasteiger partial charge in [-0.15, -0.1) is 11.3 Å². The third kappa shape index (κ3) is 3.81. The smallest absolute Gasteiger partial charge is 0.261 e. The molecule has 5 nitrogen and oxygen atoms in total. The van der Waals surface area contributed by atoms with Crippen LogP contribution < -0.4 is 10.2 Å². The highest BCUT2D eigenvalue weighted by atomic mass is 32.1. The van der Waals surface area contributed by atoms with Gasteiger partial charge in [-0.3, -0.25) is 4.79 Å². The highest BCUT2D eigenvalue weighted by Gasteiger charge is 2.35. The molecule has 4 fully saturated rings. The lowest BCUT2D eigenvalue weighted by Gasteiger charge is -2.44. The SMILES string of the molecule is O=C(N[C@@H]1CN2CCC1CC2)c1cc2cccc(-c3cccc(N4CCOCC4)c3)c2s1. The quantitative estimate of drug-likeness (QED) is 0.650. The van der Waals surface area contributed by atoms with Crippen LogP contribution in [0.25, 0.3) is 21.2 Å². The molecule has 1 aromatic heterocycles. The largest absolute Gasteiger partial charge is 0.378 e. The Balaban J connectivity index is 1.27. The Morgan fingerprint density at radius 3 is 2.59 bits per heavy atom. The molecule has 5 heterocycles. The van der Waals surface area contributed by atoms with Crippen molar-refractivity contribution in [2.75, 3.05) is 50.8 Å². The third-order valence-corrected chi connectivity index (χ3v) is 8.46. The van der Waals surface area contributed by atoms with Gasteiger partial charge in [0.05, 0.1) is 18.1 Å². The summed E-state index contributed by atoms with van der Waals surface area (Å²) in [7, 11) is 0. The Kier molecular flexibility index (Phi) is 5.37. The van der Waals surface area contributed by atoms with Gasteiger partial charge >= 0.3 is 0 Å². The van der Waals surface area contributed by atoms with E-state index in [1.165, 1.54) is 47.4 Å². The number of rotatable bonds is 4. The van der Waals surface area contributed by atoms with Crippen LogP contribution in [0.2, 0.25) is 0 Å². The number of fused-ring (bicyclic) bond motifs is 4. The number of carbonyl (C=O) groups excluding carboxylic acids is 1. The molecule has 0 aliphatic carbocycles. The number of anilines is 1.